The van der Waals surface area contributed by atoms with Crippen LogP contribution in [0, 0.1) is 0 Å². The Morgan fingerprint density at radius 1 is 1.17 bits per heavy atom. The minimum absolute atomic E-state index is 0.0428. The van der Waals surface area contributed by atoms with Crippen LogP contribution in [0.15, 0.2) is 59.9 Å². The molecular weight excluding hydrogens is 387 g/mol. The summed E-state index contributed by atoms with van der Waals surface area (Å²) < 4.78 is 41.2. The summed E-state index contributed by atoms with van der Waals surface area (Å²) in [5, 5.41) is 8.73. The highest BCUT2D eigenvalue weighted by molar-refractivity contribution is 5.78. The molecule has 1 heterocycles. The Hall–Kier alpha value is -3.03. The van der Waals surface area contributed by atoms with Crippen LogP contribution < -0.4 is 0 Å². The lowest BCUT2D eigenvalue weighted by molar-refractivity contribution is -0.138. The van der Waals surface area contributed by atoms with Gasteiger partial charge in [0, 0.05) is 25.1 Å². The topological polar surface area (TPSA) is 66.8 Å². The number of ether oxygens (including phenoxy) is 1. The standard InChI is InChI=1S/C14H17NO3.C7H5F3O/c16-10-12-4-3-5-13(7-6-12)18-11-14(17)15-8-1-2-9-15;8-7(9,10)5-3-1-2-4-6(5)11/h3-4,6-7,10H,1-2,5,8-9,11H2;1-4,11H. The normalized spacial score (nSPS) is 16.2. The van der Waals surface area contributed by atoms with E-state index in [4.69, 9.17) is 9.84 Å². The summed E-state index contributed by atoms with van der Waals surface area (Å²) >= 11 is 0. The molecule has 8 heteroatoms. The lowest BCUT2D eigenvalue weighted by atomic mass is 10.2. The maximum atomic E-state index is 11.9. The summed E-state index contributed by atoms with van der Waals surface area (Å²) in [6.07, 6.45) is 6.18. The third-order valence-electron chi connectivity index (χ3n) is 4.28. The van der Waals surface area contributed by atoms with E-state index in [1.165, 1.54) is 12.1 Å². The summed E-state index contributed by atoms with van der Waals surface area (Å²) in [6.45, 7) is 1.77. The van der Waals surface area contributed by atoms with Crippen LogP contribution in [0.2, 0.25) is 0 Å². The smallest absolute Gasteiger partial charge is 0.419 e. The largest absolute Gasteiger partial charge is 0.507 e. The fourth-order valence-electron chi connectivity index (χ4n) is 2.74. The van der Waals surface area contributed by atoms with Crippen molar-refractivity contribution in [1.82, 2.24) is 4.90 Å². The lowest BCUT2D eigenvalue weighted by Gasteiger charge is -2.16. The van der Waals surface area contributed by atoms with Gasteiger partial charge >= 0.3 is 6.18 Å². The third kappa shape index (κ3) is 7.14. The number of carbonyl (C=O) groups excluding carboxylic acids is 2. The van der Waals surface area contributed by atoms with Crippen molar-refractivity contribution in [3.8, 4) is 5.75 Å². The zero-order chi connectivity index (χ0) is 21.3. The number of phenolic OH excluding ortho intramolecular Hbond substituents is 1. The van der Waals surface area contributed by atoms with E-state index >= 15 is 0 Å². The van der Waals surface area contributed by atoms with Gasteiger partial charge in [0.2, 0.25) is 0 Å². The van der Waals surface area contributed by atoms with E-state index in [0.29, 0.717) is 12.0 Å². The fourth-order valence-corrected chi connectivity index (χ4v) is 2.74. The molecule has 0 spiro atoms. The molecule has 1 aromatic carbocycles. The molecule has 1 aliphatic heterocycles. The molecule has 0 radical (unpaired) electrons. The van der Waals surface area contributed by atoms with Gasteiger partial charge in [-0.1, -0.05) is 24.3 Å². The second kappa shape index (κ2) is 10.5. The molecule has 1 fully saturated rings. The molecule has 1 aliphatic carbocycles. The Morgan fingerprint density at radius 3 is 2.45 bits per heavy atom. The van der Waals surface area contributed by atoms with E-state index in [9.17, 15) is 22.8 Å². The maximum absolute atomic E-state index is 11.9. The number of carbonyl (C=O) groups is 2. The molecular formula is C21H22F3NO4. The van der Waals surface area contributed by atoms with Crippen molar-refractivity contribution < 1.29 is 32.6 Å². The van der Waals surface area contributed by atoms with Gasteiger partial charge in [0.15, 0.2) is 6.61 Å². The summed E-state index contributed by atoms with van der Waals surface area (Å²) in [5.74, 6) is 0.0249. The zero-order valence-electron chi connectivity index (χ0n) is 15.7. The summed E-state index contributed by atoms with van der Waals surface area (Å²) in [7, 11) is 0. The Bertz CT molecular complexity index is 806. The van der Waals surface area contributed by atoms with Gasteiger partial charge in [-0.25, -0.2) is 0 Å². The molecule has 0 atom stereocenters. The van der Waals surface area contributed by atoms with Gasteiger partial charge in [-0.3, -0.25) is 9.59 Å². The number of benzene rings is 1. The van der Waals surface area contributed by atoms with E-state index in [1.807, 2.05) is 11.0 Å². The number of para-hydroxylation sites is 1. The van der Waals surface area contributed by atoms with Crippen LogP contribution in [-0.2, 0) is 20.5 Å². The number of aldehydes is 1. The molecule has 5 nitrogen and oxygen atoms in total. The van der Waals surface area contributed by atoms with Gasteiger partial charge in [0.05, 0.1) is 5.56 Å². The number of likely N-dealkylation sites (tertiary alicyclic amines) is 1. The highest BCUT2D eigenvalue weighted by Crippen LogP contribution is 2.34. The first-order valence-electron chi connectivity index (χ1n) is 9.09. The van der Waals surface area contributed by atoms with Gasteiger partial charge in [-0.15, -0.1) is 0 Å². The number of nitrogens with zero attached hydrogens (tertiary/aromatic N) is 1. The molecule has 1 N–H and O–H groups in total. The maximum Gasteiger partial charge on any atom is 0.419 e. The molecule has 1 amide bonds. The number of phenols is 1. The molecule has 1 saturated heterocycles. The van der Waals surface area contributed by atoms with Gasteiger partial charge in [0.25, 0.3) is 5.91 Å². The number of halogens is 3. The van der Waals surface area contributed by atoms with Crippen molar-refractivity contribution in [1.29, 1.82) is 0 Å². The zero-order valence-corrected chi connectivity index (χ0v) is 15.7. The molecule has 29 heavy (non-hydrogen) atoms. The molecule has 3 rings (SSSR count). The summed E-state index contributed by atoms with van der Waals surface area (Å²) in [6, 6.07) is 4.39. The minimum Gasteiger partial charge on any atom is -0.507 e. The van der Waals surface area contributed by atoms with Crippen molar-refractivity contribution in [2.24, 2.45) is 0 Å². The lowest BCUT2D eigenvalue weighted by Crippen LogP contribution is -2.31. The van der Waals surface area contributed by atoms with Crippen LogP contribution in [-0.4, -0.2) is 41.9 Å². The van der Waals surface area contributed by atoms with Crippen molar-refractivity contribution >= 4 is 12.2 Å². The first-order chi connectivity index (χ1) is 13.8. The third-order valence-corrected chi connectivity index (χ3v) is 4.28. The number of allylic oxidation sites excluding steroid dienone is 5. The molecule has 0 bridgehead atoms. The van der Waals surface area contributed by atoms with Gasteiger partial charge < -0.3 is 14.7 Å². The van der Waals surface area contributed by atoms with E-state index in [1.54, 1.807) is 18.2 Å². The SMILES string of the molecule is O=CC1=CC=C(OCC(=O)N2CCCC2)CC=C1.Oc1ccccc1C(F)(F)F. The van der Waals surface area contributed by atoms with Gasteiger partial charge in [0.1, 0.15) is 17.8 Å². The quantitative estimate of drug-likeness (QED) is 0.764. The molecule has 0 aromatic heterocycles. The van der Waals surface area contributed by atoms with Crippen molar-refractivity contribution in [2.45, 2.75) is 25.4 Å². The van der Waals surface area contributed by atoms with Crippen LogP contribution in [0.1, 0.15) is 24.8 Å². The Kier molecular flexibility index (Phi) is 8.06. The van der Waals surface area contributed by atoms with Crippen molar-refractivity contribution in [3.63, 3.8) is 0 Å². The fraction of sp³-hybridized carbons (Fsp3) is 0.333. The molecule has 156 valence electrons. The minimum atomic E-state index is -4.47. The number of alkyl halides is 3. The van der Waals surface area contributed by atoms with E-state index in [0.717, 1.165) is 50.1 Å². The number of hydrogen-bond donors (Lipinski definition) is 1. The van der Waals surface area contributed by atoms with Crippen LogP contribution in [0.4, 0.5) is 13.2 Å². The second-order valence-electron chi connectivity index (χ2n) is 6.42. The van der Waals surface area contributed by atoms with E-state index in [2.05, 4.69) is 0 Å². The second-order valence-corrected chi connectivity index (χ2v) is 6.42. The molecule has 0 unspecified atom stereocenters. The van der Waals surface area contributed by atoms with E-state index < -0.39 is 17.5 Å². The summed E-state index contributed by atoms with van der Waals surface area (Å²) in [4.78, 5) is 24.2. The van der Waals surface area contributed by atoms with Crippen LogP contribution >= 0.6 is 0 Å². The number of aromatic hydroxyl groups is 1. The van der Waals surface area contributed by atoms with Gasteiger partial charge in [-0.2, -0.15) is 13.2 Å². The van der Waals surface area contributed by atoms with Crippen molar-refractivity contribution in [3.05, 3.63) is 65.5 Å². The average molecular weight is 409 g/mol. The van der Waals surface area contributed by atoms with Gasteiger partial charge in [-0.05, 0) is 37.1 Å². The number of hydrogen-bond acceptors (Lipinski definition) is 4. The highest BCUT2D eigenvalue weighted by Gasteiger charge is 2.33. The molecule has 0 saturated carbocycles. The first-order valence-corrected chi connectivity index (χ1v) is 9.09. The monoisotopic (exact) mass is 409 g/mol. The number of amides is 1. The van der Waals surface area contributed by atoms with Crippen molar-refractivity contribution in [2.75, 3.05) is 19.7 Å². The van der Waals surface area contributed by atoms with E-state index in [-0.39, 0.29) is 12.5 Å². The first kappa shape index (κ1) is 22.3. The van der Waals surface area contributed by atoms with Crippen LogP contribution in [0.5, 0.6) is 5.75 Å². The Morgan fingerprint density at radius 2 is 1.86 bits per heavy atom. The summed E-state index contributed by atoms with van der Waals surface area (Å²) in [5.41, 5.74) is -0.389. The molecule has 2 aliphatic rings. The van der Waals surface area contributed by atoms with Crippen LogP contribution in [0.25, 0.3) is 0 Å². The highest BCUT2D eigenvalue weighted by atomic mass is 19.4. The predicted octanol–water partition coefficient (Wildman–Crippen LogP) is 4.01. The Labute approximate surface area is 166 Å². The molecule has 1 aromatic rings. The average Bonchev–Trinajstić information content (AvgIpc) is 3.13. The predicted molar refractivity (Wildman–Crippen MR) is 101 cm³/mol. The Balaban J connectivity index is 0.000000234. The number of rotatable bonds is 4. The van der Waals surface area contributed by atoms with Crippen LogP contribution in [0.3, 0.4) is 0 Å².